The lowest BCUT2D eigenvalue weighted by atomic mass is 10.1. The van der Waals surface area contributed by atoms with Crippen LogP contribution < -0.4 is 16.2 Å². The van der Waals surface area contributed by atoms with Gasteiger partial charge in [-0.2, -0.15) is 0 Å². The molecule has 5 heteroatoms. The Morgan fingerprint density at radius 3 is 2.50 bits per heavy atom. The minimum Gasteiger partial charge on any atom is -0.359 e. The van der Waals surface area contributed by atoms with Gasteiger partial charge < -0.3 is 10.3 Å². The largest absolute Gasteiger partial charge is 0.359 e. The fraction of sp³-hybridized carbons (Fsp3) is 0.692. The molecule has 3 N–H and O–H groups in total. The standard InChI is InChI=1S/C13H25N5/c1-6-9(3)8-18(5)13-10(4)12(17-14)15-11(7-2)16-13/h9H,6-8,14H2,1-5H3,(H,15,16,17). The van der Waals surface area contributed by atoms with Gasteiger partial charge in [-0.1, -0.05) is 27.2 Å². The van der Waals surface area contributed by atoms with Gasteiger partial charge in [-0.15, -0.1) is 0 Å². The molecule has 1 aromatic rings. The molecule has 1 heterocycles. The van der Waals surface area contributed by atoms with E-state index >= 15 is 0 Å². The van der Waals surface area contributed by atoms with Crippen LogP contribution in [0.4, 0.5) is 11.6 Å². The van der Waals surface area contributed by atoms with Crippen LogP contribution in [0, 0.1) is 12.8 Å². The monoisotopic (exact) mass is 251 g/mol. The maximum absolute atomic E-state index is 5.51. The molecule has 1 aromatic heterocycles. The topological polar surface area (TPSA) is 67.1 Å². The van der Waals surface area contributed by atoms with Crippen molar-refractivity contribution in [3.63, 3.8) is 0 Å². The van der Waals surface area contributed by atoms with E-state index in [4.69, 9.17) is 5.84 Å². The highest BCUT2D eigenvalue weighted by Crippen LogP contribution is 2.23. The number of hydrogen-bond acceptors (Lipinski definition) is 5. The van der Waals surface area contributed by atoms with Crippen LogP contribution in [0.2, 0.25) is 0 Å². The summed E-state index contributed by atoms with van der Waals surface area (Å²) in [5.41, 5.74) is 3.66. The predicted molar refractivity (Wildman–Crippen MR) is 76.7 cm³/mol. The zero-order valence-electron chi connectivity index (χ0n) is 12.1. The molecule has 0 aromatic carbocycles. The van der Waals surface area contributed by atoms with Crippen molar-refractivity contribution < 1.29 is 0 Å². The van der Waals surface area contributed by atoms with Crippen molar-refractivity contribution in [3.8, 4) is 0 Å². The molecule has 0 aliphatic carbocycles. The number of rotatable bonds is 6. The molecule has 0 radical (unpaired) electrons. The minimum atomic E-state index is 0.642. The van der Waals surface area contributed by atoms with E-state index in [1.165, 1.54) is 0 Å². The van der Waals surface area contributed by atoms with Gasteiger partial charge in [0, 0.05) is 25.6 Å². The van der Waals surface area contributed by atoms with Gasteiger partial charge in [0.25, 0.3) is 0 Å². The van der Waals surface area contributed by atoms with Gasteiger partial charge in [-0.3, -0.25) is 0 Å². The van der Waals surface area contributed by atoms with E-state index in [1.54, 1.807) is 0 Å². The molecular weight excluding hydrogens is 226 g/mol. The molecule has 1 atom stereocenters. The predicted octanol–water partition coefficient (Wildman–Crippen LogP) is 2.12. The number of aromatic nitrogens is 2. The Morgan fingerprint density at radius 2 is 2.00 bits per heavy atom. The molecule has 0 bridgehead atoms. The van der Waals surface area contributed by atoms with E-state index in [1.807, 2.05) is 13.8 Å². The molecule has 1 rings (SSSR count). The Bertz CT molecular complexity index is 391. The molecular formula is C13H25N5. The van der Waals surface area contributed by atoms with Crippen LogP contribution in [0.1, 0.15) is 38.6 Å². The van der Waals surface area contributed by atoms with E-state index in [2.05, 4.69) is 41.2 Å². The van der Waals surface area contributed by atoms with Gasteiger partial charge in [-0.05, 0) is 12.8 Å². The second-order valence-electron chi connectivity index (χ2n) is 4.83. The number of nitrogens with one attached hydrogen (secondary N) is 1. The van der Waals surface area contributed by atoms with Crippen LogP contribution in [0.15, 0.2) is 0 Å². The van der Waals surface area contributed by atoms with Gasteiger partial charge in [-0.25, -0.2) is 15.8 Å². The number of nitrogens with two attached hydrogens (primary N) is 1. The molecule has 0 spiro atoms. The van der Waals surface area contributed by atoms with Crippen molar-refractivity contribution in [1.29, 1.82) is 0 Å². The highest BCUT2D eigenvalue weighted by Gasteiger charge is 2.14. The molecule has 1 unspecified atom stereocenters. The molecule has 0 saturated heterocycles. The first-order valence-electron chi connectivity index (χ1n) is 6.58. The number of anilines is 2. The van der Waals surface area contributed by atoms with Gasteiger partial charge >= 0.3 is 0 Å². The third-order valence-electron chi connectivity index (χ3n) is 3.26. The van der Waals surface area contributed by atoms with Crippen LogP contribution in [0.25, 0.3) is 0 Å². The van der Waals surface area contributed by atoms with Crippen LogP contribution in [-0.4, -0.2) is 23.6 Å². The lowest BCUT2D eigenvalue weighted by Crippen LogP contribution is -2.26. The van der Waals surface area contributed by atoms with Crippen molar-refractivity contribution in [2.75, 3.05) is 23.9 Å². The van der Waals surface area contributed by atoms with Crippen LogP contribution in [0.3, 0.4) is 0 Å². The van der Waals surface area contributed by atoms with Gasteiger partial charge in [0.05, 0.1) is 0 Å². The van der Waals surface area contributed by atoms with E-state index in [9.17, 15) is 0 Å². The fourth-order valence-electron chi connectivity index (χ4n) is 1.90. The maximum atomic E-state index is 5.51. The smallest absolute Gasteiger partial charge is 0.148 e. The lowest BCUT2D eigenvalue weighted by Gasteiger charge is -2.24. The van der Waals surface area contributed by atoms with E-state index in [0.29, 0.717) is 11.7 Å². The van der Waals surface area contributed by atoms with Crippen molar-refractivity contribution in [2.24, 2.45) is 11.8 Å². The fourth-order valence-corrected chi connectivity index (χ4v) is 1.90. The third-order valence-corrected chi connectivity index (χ3v) is 3.26. The van der Waals surface area contributed by atoms with Gasteiger partial charge in [0.2, 0.25) is 0 Å². The van der Waals surface area contributed by atoms with E-state index in [-0.39, 0.29) is 0 Å². The molecule has 18 heavy (non-hydrogen) atoms. The number of nitrogen functional groups attached to an aromatic ring is 1. The molecule has 0 amide bonds. The first-order chi connectivity index (χ1) is 8.53. The average Bonchev–Trinajstić information content (AvgIpc) is 2.38. The van der Waals surface area contributed by atoms with Crippen LogP contribution in [-0.2, 0) is 6.42 Å². The van der Waals surface area contributed by atoms with Crippen molar-refractivity contribution in [2.45, 2.75) is 40.5 Å². The van der Waals surface area contributed by atoms with Gasteiger partial charge in [0.1, 0.15) is 17.5 Å². The Morgan fingerprint density at radius 1 is 1.33 bits per heavy atom. The summed E-state index contributed by atoms with van der Waals surface area (Å²) in [6.45, 7) is 9.48. The molecule has 5 nitrogen and oxygen atoms in total. The summed E-state index contributed by atoms with van der Waals surface area (Å²) in [5.74, 6) is 8.66. The quantitative estimate of drug-likeness (QED) is 0.599. The number of hydrogen-bond donors (Lipinski definition) is 2. The number of nitrogens with zero attached hydrogens (tertiary/aromatic N) is 3. The highest BCUT2D eigenvalue weighted by atomic mass is 15.3. The normalized spacial score (nSPS) is 12.3. The van der Waals surface area contributed by atoms with Crippen LogP contribution >= 0.6 is 0 Å². The van der Waals surface area contributed by atoms with Crippen molar-refractivity contribution in [1.82, 2.24) is 9.97 Å². The lowest BCUT2D eigenvalue weighted by molar-refractivity contribution is 0.556. The maximum Gasteiger partial charge on any atom is 0.148 e. The molecule has 0 aliphatic heterocycles. The first-order valence-corrected chi connectivity index (χ1v) is 6.58. The van der Waals surface area contributed by atoms with Crippen LogP contribution in [0.5, 0.6) is 0 Å². The highest BCUT2D eigenvalue weighted by molar-refractivity contribution is 5.57. The Hall–Kier alpha value is -1.36. The SMILES string of the molecule is CCc1nc(NN)c(C)c(N(C)CC(C)CC)n1. The summed E-state index contributed by atoms with van der Waals surface area (Å²) in [5, 5.41) is 0. The third kappa shape index (κ3) is 3.32. The van der Waals surface area contributed by atoms with Crippen molar-refractivity contribution >= 4 is 11.6 Å². The van der Waals surface area contributed by atoms with E-state index in [0.717, 1.165) is 36.6 Å². The first kappa shape index (κ1) is 14.7. The molecule has 0 saturated carbocycles. The molecule has 102 valence electrons. The summed E-state index contributed by atoms with van der Waals surface area (Å²) in [4.78, 5) is 11.2. The number of aryl methyl sites for hydroxylation is 1. The Labute approximate surface area is 110 Å². The zero-order chi connectivity index (χ0) is 13.7. The van der Waals surface area contributed by atoms with Crippen molar-refractivity contribution in [3.05, 3.63) is 11.4 Å². The second kappa shape index (κ2) is 6.54. The Balaban J connectivity index is 3.06. The summed E-state index contributed by atoms with van der Waals surface area (Å²) in [6, 6.07) is 0. The zero-order valence-corrected chi connectivity index (χ0v) is 12.1. The second-order valence-corrected chi connectivity index (χ2v) is 4.83. The minimum absolute atomic E-state index is 0.642. The van der Waals surface area contributed by atoms with E-state index < -0.39 is 0 Å². The Kier molecular flexibility index (Phi) is 5.34. The summed E-state index contributed by atoms with van der Waals surface area (Å²) < 4.78 is 0. The summed E-state index contributed by atoms with van der Waals surface area (Å²) >= 11 is 0. The summed E-state index contributed by atoms with van der Waals surface area (Å²) in [6.07, 6.45) is 1.97. The number of hydrazine groups is 1. The van der Waals surface area contributed by atoms with Gasteiger partial charge in [0.15, 0.2) is 0 Å². The summed E-state index contributed by atoms with van der Waals surface area (Å²) in [7, 11) is 2.07. The molecule has 0 fully saturated rings. The average molecular weight is 251 g/mol. The molecule has 0 aliphatic rings.